The molecule has 5 nitrogen and oxygen atoms in total. The Balaban J connectivity index is 1.73. The Labute approximate surface area is 139 Å². The largest absolute Gasteiger partial charge is 0.383 e. The van der Waals surface area contributed by atoms with Crippen LogP contribution in [0.5, 0.6) is 0 Å². The molecule has 0 atom stereocenters. The molecule has 0 aliphatic heterocycles. The van der Waals surface area contributed by atoms with Gasteiger partial charge in [-0.25, -0.2) is 4.98 Å². The number of aromatic nitrogens is 3. The van der Waals surface area contributed by atoms with Crippen molar-refractivity contribution in [2.24, 2.45) is 0 Å². The van der Waals surface area contributed by atoms with Crippen molar-refractivity contribution in [1.29, 1.82) is 0 Å². The van der Waals surface area contributed by atoms with Crippen molar-refractivity contribution in [3.8, 4) is 0 Å². The Kier molecular flexibility index (Phi) is 3.39. The van der Waals surface area contributed by atoms with E-state index < -0.39 is 0 Å². The normalized spacial score (nSPS) is 11.7. The highest BCUT2D eigenvalue weighted by atomic mass is 15.0. The summed E-state index contributed by atoms with van der Waals surface area (Å²) in [6.07, 6.45) is 6.31. The number of anilines is 2. The van der Waals surface area contributed by atoms with Crippen LogP contribution in [0.25, 0.3) is 27.9 Å². The lowest BCUT2D eigenvalue weighted by Gasteiger charge is -2.06. The molecule has 4 N–H and O–H groups in total. The number of nitrogens with zero attached hydrogens (tertiary/aromatic N) is 3. The fourth-order valence-electron chi connectivity index (χ4n) is 2.98. The smallest absolute Gasteiger partial charge is 0.222 e. The average Bonchev–Trinajstić information content (AvgIpc) is 2.98. The van der Waals surface area contributed by atoms with E-state index in [1.165, 1.54) is 5.56 Å². The summed E-state index contributed by atoms with van der Waals surface area (Å²) in [6, 6.07) is 16.3. The van der Waals surface area contributed by atoms with Gasteiger partial charge in [-0.1, -0.05) is 42.5 Å². The molecule has 0 fully saturated rings. The molecule has 0 bridgehead atoms. The number of allylic oxidation sites excluding steroid dienone is 1. The molecule has 5 heteroatoms. The van der Waals surface area contributed by atoms with Gasteiger partial charge in [0.2, 0.25) is 5.95 Å². The average molecular weight is 315 g/mol. The Morgan fingerprint density at radius 2 is 1.79 bits per heavy atom. The highest BCUT2D eigenvalue weighted by molar-refractivity contribution is 6.10. The van der Waals surface area contributed by atoms with E-state index in [0.29, 0.717) is 5.82 Å². The Hall–Kier alpha value is -3.34. The number of rotatable bonds is 3. The van der Waals surface area contributed by atoms with Crippen LogP contribution in [0.1, 0.15) is 5.56 Å². The molecule has 118 valence electrons. The zero-order chi connectivity index (χ0) is 16.5. The third-order valence-corrected chi connectivity index (χ3v) is 4.07. The van der Waals surface area contributed by atoms with Crippen molar-refractivity contribution in [3.05, 3.63) is 66.4 Å². The first kappa shape index (κ1) is 14.3. The maximum absolute atomic E-state index is 6.05. The second-order valence-corrected chi connectivity index (χ2v) is 5.64. The van der Waals surface area contributed by atoms with Crippen LogP contribution in [0.2, 0.25) is 0 Å². The first-order valence-electron chi connectivity index (χ1n) is 7.74. The number of nitrogen functional groups attached to an aromatic ring is 2. The lowest BCUT2D eigenvalue weighted by Crippen LogP contribution is -2.01. The van der Waals surface area contributed by atoms with Crippen molar-refractivity contribution in [1.82, 2.24) is 14.5 Å². The van der Waals surface area contributed by atoms with Crippen LogP contribution in [-0.4, -0.2) is 14.5 Å². The van der Waals surface area contributed by atoms with Crippen LogP contribution in [0, 0.1) is 0 Å². The third-order valence-electron chi connectivity index (χ3n) is 4.07. The lowest BCUT2D eigenvalue weighted by molar-refractivity contribution is 0.867. The van der Waals surface area contributed by atoms with Gasteiger partial charge in [0.25, 0.3) is 0 Å². The minimum atomic E-state index is 0.199. The molecular weight excluding hydrogens is 298 g/mol. The van der Waals surface area contributed by atoms with Crippen LogP contribution >= 0.6 is 0 Å². The van der Waals surface area contributed by atoms with E-state index in [2.05, 4.69) is 45.0 Å². The molecule has 0 saturated carbocycles. The molecular formula is C19H17N5. The van der Waals surface area contributed by atoms with Gasteiger partial charge in [-0.3, -0.25) is 0 Å². The summed E-state index contributed by atoms with van der Waals surface area (Å²) >= 11 is 0. The molecule has 2 aromatic heterocycles. The minimum Gasteiger partial charge on any atom is -0.383 e. The molecule has 4 rings (SSSR count). The van der Waals surface area contributed by atoms with Gasteiger partial charge in [-0.2, -0.15) is 4.98 Å². The maximum Gasteiger partial charge on any atom is 0.222 e. The van der Waals surface area contributed by atoms with E-state index in [9.17, 15) is 0 Å². The summed E-state index contributed by atoms with van der Waals surface area (Å²) in [5.74, 6) is 0.616. The topological polar surface area (TPSA) is 82.7 Å². The van der Waals surface area contributed by atoms with Crippen LogP contribution in [0.15, 0.2) is 60.8 Å². The van der Waals surface area contributed by atoms with Crippen LogP contribution in [-0.2, 0) is 6.54 Å². The summed E-state index contributed by atoms with van der Waals surface area (Å²) in [4.78, 5) is 8.35. The number of hydrogen-bond donors (Lipinski definition) is 2. The Morgan fingerprint density at radius 3 is 2.62 bits per heavy atom. The van der Waals surface area contributed by atoms with Crippen LogP contribution in [0.4, 0.5) is 11.8 Å². The van der Waals surface area contributed by atoms with Gasteiger partial charge in [-0.15, -0.1) is 0 Å². The highest BCUT2D eigenvalue weighted by Crippen LogP contribution is 2.29. The SMILES string of the molecule is Nc1nc(N)c2c(ccc3c2ccn3CC=Cc2ccccc2)n1. The first-order chi connectivity index (χ1) is 11.7. The second kappa shape index (κ2) is 5.70. The summed E-state index contributed by atoms with van der Waals surface area (Å²) in [7, 11) is 0. The molecule has 4 aromatic rings. The molecule has 2 aromatic carbocycles. The van der Waals surface area contributed by atoms with Gasteiger partial charge in [0.1, 0.15) is 5.82 Å². The number of fused-ring (bicyclic) bond motifs is 3. The summed E-state index contributed by atoms with van der Waals surface area (Å²) in [6.45, 7) is 0.777. The molecule has 2 heterocycles. The van der Waals surface area contributed by atoms with E-state index in [4.69, 9.17) is 11.5 Å². The van der Waals surface area contributed by atoms with E-state index in [0.717, 1.165) is 28.4 Å². The first-order valence-corrected chi connectivity index (χ1v) is 7.74. The summed E-state index contributed by atoms with van der Waals surface area (Å²) in [5, 5.41) is 1.89. The van der Waals surface area contributed by atoms with Crippen LogP contribution < -0.4 is 11.5 Å². The van der Waals surface area contributed by atoms with Gasteiger partial charge in [0, 0.05) is 23.6 Å². The molecule has 0 amide bonds. The zero-order valence-corrected chi connectivity index (χ0v) is 13.1. The van der Waals surface area contributed by atoms with Gasteiger partial charge >= 0.3 is 0 Å². The lowest BCUT2D eigenvalue weighted by atomic mass is 10.1. The Morgan fingerprint density at radius 1 is 0.958 bits per heavy atom. The fraction of sp³-hybridized carbons (Fsp3) is 0.0526. The molecule has 24 heavy (non-hydrogen) atoms. The van der Waals surface area contributed by atoms with E-state index in [1.54, 1.807) is 0 Å². The van der Waals surface area contributed by atoms with Gasteiger partial charge in [0.15, 0.2) is 0 Å². The third kappa shape index (κ3) is 2.46. The number of benzene rings is 2. The molecule has 0 unspecified atom stereocenters. The van der Waals surface area contributed by atoms with Gasteiger partial charge in [0.05, 0.1) is 10.9 Å². The van der Waals surface area contributed by atoms with E-state index >= 15 is 0 Å². The minimum absolute atomic E-state index is 0.199. The fourth-order valence-corrected chi connectivity index (χ4v) is 2.98. The summed E-state index contributed by atoms with van der Waals surface area (Å²) in [5.41, 5.74) is 14.8. The molecule has 0 aliphatic rings. The molecule has 0 radical (unpaired) electrons. The second-order valence-electron chi connectivity index (χ2n) is 5.64. The van der Waals surface area contributed by atoms with E-state index in [-0.39, 0.29) is 5.95 Å². The van der Waals surface area contributed by atoms with Crippen molar-refractivity contribution < 1.29 is 0 Å². The standard InChI is InChI=1S/C19H17N5/c20-18-17-14-10-12-24(11-4-7-13-5-2-1-3-6-13)16(14)9-8-15(17)22-19(21)23-18/h1-10,12H,11H2,(H4,20,21,22,23). The monoisotopic (exact) mass is 315 g/mol. The quantitative estimate of drug-likeness (QED) is 0.606. The predicted octanol–water partition coefficient (Wildman–Crippen LogP) is 3.46. The maximum atomic E-state index is 6.05. The van der Waals surface area contributed by atoms with Crippen molar-refractivity contribution in [2.45, 2.75) is 6.54 Å². The Bertz CT molecular complexity index is 1050. The van der Waals surface area contributed by atoms with Gasteiger partial charge < -0.3 is 16.0 Å². The molecule has 0 aliphatic carbocycles. The summed E-state index contributed by atoms with van der Waals surface area (Å²) < 4.78 is 2.17. The van der Waals surface area contributed by atoms with Crippen LogP contribution in [0.3, 0.4) is 0 Å². The van der Waals surface area contributed by atoms with E-state index in [1.807, 2.05) is 36.4 Å². The zero-order valence-electron chi connectivity index (χ0n) is 13.1. The van der Waals surface area contributed by atoms with Crippen molar-refractivity contribution in [2.75, 3.05) is 11.5 Å². The van der Waals surface area contributed by atoms with Crippen molar-refractivity contribution >= 4 is 39.6 Å². The number of nitrogens with two attached hydrogens (primary N) is 2. The molecule has 0 saturated heterocycles. The highest BCUT2D eigenvalue weighted by Gasteiger charge is 2.10. The van der Waals surface area contributed by atoms with Crippen molar-refractivity contribution in [3.63, 3.8) is 0 Å². The van der Waals surface area contributed by atoms with Gasteiger partial charge in [-0.05, 0) is 23.8 Å². The predicted molar refractivity (Wildman–Crippen MR) is 99.3 cm³/mol. The molecule has 0 spiro atoms. The number of hydrogen-bond acceptors (Lipinski definition) is 4.